The molecule has 0 saturated heterocycles. The Labute approximate surface area is 223 Å². The summed E-state index contributed by atoms with van der Waals surface area (Å²) in [5, 5.41) is 3.21. The van der Waals surface area contributed by atoms with Crippen molar-refractivity contribution >= 4 is 33.2 Å². The van der Waals surface area contributed by atoms with Crippen LogP contribution in [-0.4, -0.2) is 40.7 Å². The number of carbonyl (C=O) groups excluding carboxylic acids is 1. The largest absolute Gasteiger partial charge is 0.494 e. The number of sulfonamides is 1. The molecule has 0 unspecified atom stereocenters. The fourth-order valence-corrected chi connectivity index (χ4v) is 5.06. The van der Waals surface area contributed by atoms with Gasteiger partial charge in [-0.05, 0) is 87.0 Å². The van der Waals surface area contributed by atoms with E-state index in [4.69, 9.17) is 25.8 Å². The Morgan fingerprint density at radius 2 is 1.46 bits per heavy atom. The van der Waals surface area contributed by atoms with E-state index in [9.17, 15) is 13.2 Å². The number of anilines is 1. The summed E-state index contributed by atoms with van der Waals surface area (Å²) in [4.78, 5) is 13.0. The van der Waals surface area contributed by atoms with E-state index in [0.717, 1.165) is 9.87 Å². The molecule has 0 spiro atoms. The van der Waals surface area contributed by atoms with Gasteiger partial charge < -0.3 is 19.5 Å². The van der Waals surface area contributed by atoms with E-state index in [2.05, 4.69) is 5.32 Å². The van der Waals surface area contributed by atoms with Gasteiger partial charge >= 0.3 is 0 Å². The predicted octanol–water partition coefficient (Wildman–Crippen LogP) is 5.05. The lowest BCUT2D eigenvalue weighted by atomic mass is 10.2. The lowest BCUT2D eigenvalue weighted by molar-refractivity contribution is -0.119. The number of ether oxygens (including phenoxy) is 3. The molecular formula is C27H31ClN2O6S. The maximum Gasteiger partial charge on any atom is 0.264 e. The maximum atomic E-state index is 13.5. The Bertz CT molecular complexity index is 1280. The number of hydrogen-bond donors (Lipinski definition) is 1. The normalized spacial score (nSPS) is 11.0. The third-order valence-electron chi connectivity index (χ3n) is 5.22. The summed E-state index contributed by atoms with van der Waals surface area (Å²) in [7, 11) is -4.06. The summed E-state index contributed by atoms with van der Waals surface area (Å²) in [6, 6.07) is 17.7. The highest BCUT2D eigenvalue weighted by Gasteiger charge is 2.27. The summed E-state index contributed by atoms with van der Waals surface area (Å²) >= 11 is 5.94. The summed E-state index contributed by atoms with van der Waals surface area (Å²) in [5.41, 5.74) is 1.11. The van der Waals surface area contributed by atoms with Crippen molar-refractivity contribution < 1.29 is 27.4 Å². The molecule has 0 saturated carbocycles. The van der Waals surface area contributed by atoms with E-state index in [0.29, 0.717) is 47.8 Å². The fourth-order valence-electron chi connectivity index (χ4n) is 3.52. The second kappa shape index (κ2) is 13.2. The molecule has 10 heteroatoms. The SMILES string of the molecule is CCOc1ccc(N(CC(=O)NCc2ccc(OCC)c(OCC)c2)S(=O)(=O)c2ccc(Cl)cc2)cc1. The van der Waals surface area contributed by atoms with Gasteiger partial charge in [-0.25, -0.2) is 8.42 Å². The van der Waals surface area contributed by atoms with Gasteiger partial charge in [-0.1, -0.05) is 17.7 Å². The molecule has 1 amide bonds. The van der Waals surface area contributed by atoms with Gasteiger partial charge in [0.2, 0.25) is 5.91 Å². The van der Waals surface area contributed by atoms with Crippen LogP contribution in [0.4, 0.5) is 5.69 Å². The van der Waals surface area contributed by atoms with Gasteiger partial charge in [-0.15, -0.1) is 0 Å². The summed E-state index contributed by atoms with van der Waals surface area (Å²) < 4.78 is 44.8. The standard InChI is InChI=1S/C27H31ClN2O6S/c1-4-34-23-12-10-22(11-13-23)30(37(32,33)24-14-8-21(28)9-15-24)19-27(31)29-18-20-7-16-25(35-5-2)26(17-20)36-6-3/h7-17H,4-6,18-19H2,1-3H3,(H,29,31). The van der Waals surface area contributed by atoms with Crippen LogP contribution in [0.5, 0.6) is 17.2 Å². The van der Waals surface area contributed by atoms with Crippen LogP contribution < -0.4 is 23.8 Å². The second-order valence-corrected chi connectivity index (χ2v) is 10.1. The van der Waals surface area contributed by atoms with Crippen molar-refractivity contribution in [3.63, 3.8) is 0 Å². The van der Waals surface area contributed by atoms with Gasteiger partial charge in [0, 0.05) is 11.6 Å². The topological polar surface area (TPSA) is 94.2 Å². The maximum absolute atomic E-state index is 13.5. The first-order chi connectivity index (χ1) is 17.8. The number of halogens is 1. The third-order valence-corrected chi connectivity index (χ3v) is 7.26. The molecule has 0 radical (unpaired) electrons. The molecule has 0 atom stereocenters. The number of amides is 1. The first kappa shape index (κ1) is 28.1. The number of carbonyl (C=O) groups is 1. The predicted molar refractivity (Wildman–Crippen MR) is 144 cm³/mol. The lowest BCUT2D eigenvalue weighted by Crippen LogP contribution is -2.40. The highest BCUT2D eigenvalue weighted by atomic mass is 35.5. The van der Waals surface area contributed by atoms with Crippen molar-refractivity contribution in [1.82, 2.24) is 5.32 Å². The monoisotopic (exact) mass is 546 g/mol. The summed E-state index contributed by atoms with van der Waals surface area (Å²) in [6.07, 6.45) is 0. The summed E-state index contributed by atoms with van der Waals surface area (Å²) in [5.74, 6) is 1.33. The van der Waals surface area contributed by atoms with Crippen molar-refractivity contribution in [2.45, 2.75) is 32.2 Å². The van der Waals surface area contributed by atoms with Crippen molar-refractivity contribution in [3.8, 4) is 17.2 Å². The van der Waals surface area contributed by atoms with E-state index in [-0.39, 0.29) is 11.4 Å². The zero-order valence-electron chi connectivity index (χ0n) is 21.1. The Morgan fingerprint density at radius 1 is 0.838 bits per heavy atom. The Morgan fingerprint density at radius 3 is 2.08 bits per heavy atom. The number of nitrogens with one attached hydrogen (secondary N) is 1. The van der Waals surface area contributed by atoms with Gasteiger partial charge in [-0.2, -0.15) is 0 Å². The third kappa shape index (κ3) is 7.53. The van der Waals surface area contributed by atoms with Gasteiger partial charge in [0.15, 0.2) is 11.5 Å². The molecule has 0 aliphatic rings. The second-order valence-electron chi connectivity index (χ2n) is 7.82. The van der Waals surface area contributed by atoms with Gasteiger partial charge in [0.25, 0.3) is 10.0 Å². The van der Waals surface area contributed by atoms with Crippen molar-refractivity contribution in [1.29, 1.82) is 0 Å². The van der Waals surface area contributed by atoms with Gasteiger partial charge in [0.05, 0.1) is 30.4 Å². The molecule has 0 fully saturated rings. The fraction of sp³-hybridized carbons (Fsp3) is 0.296. The average molecular weight is 547 g/mol. The molecule has 198 valence electrons. The van der Waals surface area contributed by atoms with E-state index in [1.165, 1.54) is 24.3 Å². The Kier molecular flexibility index (Phi) is 10.0. The lowest BCUT2D eigenvalue weighted by Gasteiger charge is -2.24. The van der Waals surface area contributed by atoms with Crippen LogP contribution in [0.2, 0.25) is 5.02 Å². The number of nitrogens with zero attached hydrogens (tertiary/aromatic N) is 1. The minimum absolute atomic E-state index is 0.0199. The zero-order valence-corrected chi connectivity index (χ0v) is 22.6. The van der Waals surface area contributed by atoms with E-state index in [1.54, 1.807) is 36.4 Å². The highest BCUT2D eigenvalue weighted by Crippen LogP contribution is 2.29. The number of rotatable bonds is 13. The minimum atomic E-state index is -4.06. The molecule has 3 aromatic rings. The van der Waals surface area contributed by atoms with E-state index >= 15 is 0 Å². The van der Waals surface area contributed by atoms with Crippen LogP contribution in [-0.2, 0) is 21.4 Å². The molecular weight excluding hydrogens is 516 g/mol. The quantitative estimate of drug-likeness (QED) is 0.322. The molecule has 3 rings (SSSR count). The number of benzene rings is 3. The molecule has 0 aliphatic heterocycles. The Hall–Kier alpha value is -3.43. The van der Waals surface area contributed by atoms with Crippen LogP contribution in [0, 0.1) is 0 Å². The van der Waals surface area contributed by atoms with Crippen molar-refractivity contribution in [2.24, 2.45) is 0 Å². The molecule has 0 aliphatic carbocycles. The molecule has 37 heavy (non-hydrogen) atoms. The van der Waals surface area contributed by atoms with Crippen LogP contribution in [0.25, 0.3) is 0 Å². The van der Waals surface area contributed by atoms with Gasteiger partial charge in [0.1, 0.15) is 12.3 Å². The van der Waals surface area contributed by atoms with Crippen LogP contribution in [0.1, 0.15) is 26.3 Å². The van der Waals surface area contributed by atoms with Crippen molar-refractivity contribution in [2.75, 3.05) is 30.7 Å². The zero-order chi connectivity index (χ0) is 26.8. The molecule has 0 bridgehead atoms. The molecule has 8 nitrogen and oxygen atoms in total. The highest BCUT2D eigenvalue weighted by molar-refractivity contribution is 7.92. The first-order valence-corrected chi connectivity index (χ1v) is 13.8. The molecule has 3 aromatic carbocycles. The minimum Gasteiger partial charge on any atom is -0.494 e. The first-order valence-electron chi connectivity index (χ1n) is 11.9. The van der Waals surface area contributed by atoms with Crippen LogP contribution in [0.3, 0.4) is 0 Å². The average Bonchev–Trinajstić information content (AvgIpc) is 2.88. The molecule has 1 N–H and O–H groups in total. The van der Waals surface area contributed by atoms with Crippen molar-refractivity contribution in [3.05, 3.63) is 77.3 Å². The summed E-state index contributed by atoms with van der Waals surface area (Å²) in [6.45, 7) is 6.83. The molecule has 0 aromatic heterocycles. The van der Waals surface area contributed by atoms with Crippen LogP contribution in [0.15, 0.2) is 71.6 Å². The van der Waals surface area contributed by atoms with E-state index < -0.39 is 22.5 Å². The van der Waals surface area contributed by atoms with Crippen LogP contribution >= 0.6 is 11.6 Å². The smallest absolute Gasteiger partial charge is 0.264 e. The number of hydrogen-bond acceptors (Lipinski definition) is 6. The van der Waals surface area contributed by atoms with E-state index in [1.807, 2.05) is 26.8 Å². The Balaban J connectivity index is 1.82. The molecule has 0 heterocycles. The van der Waals surface area contributed by atoms with Gasteiger partial charge in [-0.3, -0.25) is 9.10 Å².